The summed E-state index contributed by atoms with van der Waals surface area (Å²) in [7, 11) is 5.18. The topological polar surface area (TPSA) is 74.3 Å². The van der Waals surface area contributed by atoms with E-state index >= 15 is 0 Å². The molecule has 1 N–H and O–H groups in total. The monoisotopic (exact) mass is 564 g/mol. The number of aryl methyl sites for hydroxylation is 1. The molecule has 6 aromatic rings. The van der Waals surface area contributed by atoms with Crippen molar-refractivity contribution in [2.45, 2.75) is 12.0 Å². The highest BCUT2D eigenvalue weighted by molar-refractivity contribution is 6.30. The van der Waals surface area contributed by atoms with Crippen LogP contribution in [0.2, 0.25) is 5.02 Å². The molecule has 0 aliphatic carbocycles. The van der Waals surface area contributed by atoms with E-state index in [9.17, 15) is 5.11 Å². The molecule has 0 bridgehead atoms. The zero-order valence-electron chi connectivity index (χ0n) is 23.0. The summed E-state index contributed by atoms with van der Waals surface area (Å²) in [4.78, 5) is 4.82. The first-order valence-corrected chi connectivity index (χ1v) is 13.5. The molecular formula is C33H29ClN4O3. The van der Waals surface area contributed by atoms with Crippen molar-refractivity contribution in [3.05, 3.63) is 136 Å². The number of benzene rings is 3. The SMILES string of the molecule is COc1nc2ccc(C(O)(c3ccc(Cl)cc3)c3cccn3C)cc2c(OC)c1Cc1ccc(-n2cccn2)cc1. The van der Waals surface area contributed by atoms with Gasteiger partial charge in [-0.1, -0.05) is 41.9 Å². The van der Waals surface area contributed by atoms with E-state index in [4.69, 9.17) is 26.1 Å². The van der Waals surface area contributed by atoms with Gasteiger partial charge in [-0.2, -0.15) is 5.10 Å². The fourth-order valence-corrected chi connectivity index (χ4v) is 5.54. The van der Waals surface area contributed by atoms with Gasteiger partial charge in [-0.3, -0.25) is 0 Å². The van der Waals surface area contributed by atoms with Gasteiger partial charge in [-0.15, -0.1) is 0 Å². The molecule has 0 fully saturated rings. The second kappa shape index (κ2) is 10.8. The van der Waals surface area contributed by atoms with Crippen LogP contribution in [-0.4, -0.2) is 38.7 Å². The predicted molar refractivity (Wildman–Crippen MR) is 160 cm³/mol. The molecule has 0 amide bonds. The predicted octanol–water partition coefficient (Wildman–Crippen LogP) is 6.30. The van der Waals surface area contributed by atoms with Crippen LogP contribution in [0.3, 0.4) is 0 Å². The van der Waals surface area contributed by atoms with E-state index in [-0.39, 0.29) is 0 Å². The largest absolute Gasteiger partial charge is 0.496 e. The molecule has 0 spiro atoms. The number of rotatable bonds is 8. The van der Waals surface area contributed by atoms with Crippen molar-refractivity contribution in [2.24, 2.45) is 7.05 Å². The molecule has 0 saturated heterocycles. The normalized spacial score (nSPS) is 12.8. The fourth-order valence-electron chi connectivity index (χ4n) is 5.42. The number of hydrogen-bond acceptors (Lipinski definition) is 5. The van der Waals surface area contributed by atoms with Gasteiger partial charge in [0.15, 0.2) is 5.60 Å². The van der Waals surface area contributed by atoms with Gasteiger partial charge >= 0.3 is 0 Å². The maximum absolute atomic E-state index is 12.5. The van der Waals surface area contributed by atoms with Crippen molar-refractivity contribution in [3.63, 3.8) is 0 Å². The Morgan fingerprint density at radius 2 is 1.63 bits per heavy atom. The van der Waals surface area contributed by atoms with E-state index < -0.39 is 5.60 Å². The van der Waals surface area contributed by atoms with Crippen molar-refractivity contribution in [1.82, 2.24) is 19.3 Å². The van der Waals surface area contributed by atoms with Crippen LogP contribution < -0.4 is 9.47 Å². The molecular weight excluding hydrogens is 536 g/mol. The second-order valence-electron chi connectivity index (χ2n) is 9.88. The highest BCUT2D eigenvalue weighted by atomic mass is 35.5. The Hall–Kier alpha value is -4.59. The molecule has 0 saturated carbocycles. The van der Waals surface area contributed by atoms with Crippen LogP contribution in [0.1, 0.15) is 27.9 Å². The van der Waals surface area contributed by atoms with Gasteiger partial charge in [0.1, 0.15) is 5.75 Å². The van der Waals surface area contributed by atoms with Crippen molar-refractivity contribution < 1.29 is 14.6 Å². The molecule has 1 unspecified atom stereocenters. The molecule has 41 heavy (non-hydrogen) atoms. The molecule has 206 valence electrons. The number of pyridine rings is 1. The number of methoxy groups -OCH3 is 2. The fraction of sp³-hybridized carbons (Fsp3) is 0.152. The Morgan fingerprint density at radius 3 is 2.27 bits per heavy atom. The van der Waals surface area contributed by atoms with Gasteiger partial charge < -0.3 is 19.1 Å². The Bertz CT molecular complexity index is 1810. The minimum Gasteiger partial charge on any atom is -0.496 e. The first-order chi connectivity index (χ1) is 19.9. The molecule has 6 rings (SSSR count). The lowest BCUT2D eigenvalue weighted by Crippen LogP contribution is -2.31. The maximum Gasteiger partial charge on any atom is 0.220 e. The standard InChI is InChI=1S/C33H29ClN4O3/c1-37-18-4-6-30(37)33(39,23-9-12-25(34)13-10-23)24-11-16-29-27(21-24)31(40-2)28(32(36-29)41-3)20-22-7-14-26(15-8-22)38-19-5-17-35-38/h4-19,21,39H,20H2,1-3H3. The van der Waals surface area contributed by atoms with Crippen molar-refractivity contribution in [2.75, 3.05) is 14.2 Å². The van der Waals surface area contributed by atoms with Gasteiger partial charge in [0.2, 0.25) is 5.88 Å². The number of ether oxygens (including phenoxy) is 2. The van der Waals surface area contributed by atoms with Crippen LogP contribution >= 0.6 is 11.6 Å². The number of nitrogens with zero attached hydrogens (tertiary/aromatic N) is 4. The van der Waals surface area contributed by atoms with Gasteiger partial charge in [-0.25, -0.2) is 9.67 Å². The minimum absolute atomic E-state index is 0.494. The Balaban J connectivity index is 1.49. The first kappa shape index (κ1) is 26.6. The lowest BCUT2D eigenvalue weighted by atomic mass is 9.82. The van der Waals surface area contributed by atoms with Crippen LogP contribution in [-0.2, 0) is 19.1 Å². The summed E-state index contributed by atoms with van der Waals surface area (Å²) in [6, 6.07) is 26.9. The van der Waals surface area contributed by atoms with Crippen molar-refractivity contribution in [3.8, 4) is 17.3 Å². The van der Waals surface area contributed by atoms with Gasteiger partial charge in [0.05, 0.1) is 36.7 Å². The summed E-state index contributed by atoms with van der Waals surface area (Å²) in [6.45, 7) is 0. The van der Waals surface area contributed by atoms with Crippen molar-refractivity contribution in [1.29, 1.82) is 0 Å². The number of aliphatic hydroxyl groups is 1. The molecule has 0 aliphatic rings. The van der Waals surface area contributed by atoms with Gasteiger partial charge in [0.25, 0.3) is 0 Å². The van der Waals surface area contributed by atoms with E-state index in [0.717, 1.165) is 27.9 Å². The van der Waals surface area contributed by atoms with Crippen LogP contribution in [0.4, 0.5) is 0 Å². The summed E-state index contributed by atoms with van der Waals surface area (Å²) < 4.78 is 15.5. The third-order valence-corrected chi connectivity index (χ3v) is 7.73. The number of aromatic nitrogens is 4. The molecule has 7 nitrogen and oxygen atoms in total. The summed E-state index contributed by atoms with van der Waals surface area (Å²) in [6.07, 6.45) is 6.12. The van der Waals surface area contributed by atoms with Crippen LogP contribution in [0, 0.1) is 0 Å². The van der Waals surface area contributed by atoms with Gasteiger partial charge in [-0.05, 0) is 71.3 Å². The summed E-state index contributed by atoms with van der Waals surface area (Å²) >= 11 is 6.20. The second-order valence-corrected chi connectivity index (χ2v) is 10.3. The molecule has 8 heteroatoms. The van der Waals surface area contributed by atoms with E-state index in [1.807, 2.05) is 89.4 Å². The van der Waals surface area contributed by atoms with E-state index in [1.54, 1.807) is 32.5 Å². The third-order valence-electron chi connectivity index (χ3n) is 7.47. The first-order valence-electron chi connectivity index (χ1n) is 13.2. The Labute approximate surface area is 243 Å². The number of halogens is 1. The third kappa shape index (κ3) is 4.73. The van der Waals surface area contributed by atoms with E-state index in [0.29, 0.717) is 39.7 Å². The van der Waals surface area contributed by atoms with E-state index in [2.05, 4.69) is 17.2 Å². The number of hydrogen-bond donors (Lipinski definition) is 1. The Morgan fingerprint density at radius 1 is 0.878 bits per heavy atom. The zero-order chi connectivity index (χ0) is 28.6. The Kier molecular flexibility index (Phi) is 6.99. The van der Waals surface area contributed by atoms with Crippen LogP contribution in [0.25, 0.3) is 16.6 Å². The van der Waals surface area contributed by atoms with Crippen LogP contribution in [0.15, 0.2) is 104 Å². The molecule has 3 aromatic heterocycles. The molecule has 3 heterocycles. The average Bonchev–Trinajstić information content (AvgIpc) is 3.69. The lowest BCUT2D eigenvalue weighted by Gasteiger charge is -2.31. The average molecular weight is 565 g/mol. The zero-order valence-corrected chi connectivity index (χ0v) is 23.7. The van der Waals surface area contributed by atoms with Crippen molar-refractivity contribution >= 4 is 22.5 Å². The lowest BCUT2D eigenvalue weighted by molar-refractivity contribution is 0.117. The smallest absolute Gasteiger partial charge is 0.220 e. The van der Waals surface area contributed by atoms with E-state index in [1.165, 1.54) is 0 Å². The molecule has 0 aliphatic heterocycles. The minimum atomic E-state index is -1.45. The summed E-state index contributed by atoms with van der Waals surface area (Å²) in [5, 5.41) is 18.1. The summed E-state index contributed by atoms with van der Waals surface area (Å²) in [5.41, 5.74) is 4.19. The van der Waals surface area contributed by atoms with Crippen LogP contribution in [0.5, 0.6) is 11.6 Å². The molecule has 0 radical (unpaired) electrons. The maximum atomic E-state index is 12.5. The molecule has 1 atom stereocenters. The van der Waals surface area contributed by atoms with Gasteiger partial charge in [0, 0.05) is 42.5 Å². The molecule has 3 aromatic carbocycles. The number of fused-ring (bicyclic) bond motifs is 1. The highest BCUT2D eigenvalue weighted by Crippen LogP contribution is 2.42. The summed E-state index contributed by atoms with van der Waals surface area (Å²) in [5.74, 6) is 1.14. The highest BCUT2D eigenvalue weighted by Gasteiger charge is 2.36. The quantitative estimate of drug-likeness (QED) is 0.235.